The fraction of sp³-hybridized carbons (Fsp3) is 0.800. The van der Waals surface area contributed by atoms with Gasteiger partial charge in [0.05, 0.1) is 13.0 Å². The Kier molecular flexibility index (Phi) is 6.05. The summed E-state index contributed by atoms with van der Waals surface area (Å²) in [4.78, 5) is 14.7. The molecule has 5 heteroatoms. The zero-order chi connectivity index (χ0) is 7.82. The zero-order valence-corrected chi connectivity index (χ0v) is 5.92. The van der Waals surface area contributed by atoms with Gasteiger partial charge in [0.2, 0.25) is 0 Å². The lowest BCUT2D eigenvalue weighted by atomic mass is 10.5. The Balaban J connectivity index is 3.05. The van der Waals surface area contributed by atoms with Crippen LogP contribution < -0.4 is 11.4 Å². The predicted molar refractivity (Wildman–Crippen MR) is 34.5 cm³/mol. The van der Waals surface area contributed by atoms with Gasteiger partial charge in [0.15, 0.2) is 0 Å². The van der Waals surface area contributed by atoms with Gasteiger partial charge in [-0.3, -0.25) is 4.79 Å². The first-order valence-electron chi connectivity index (χ1n) is 3.04. The molecule has 0 aromatic heterocycles. The Morgan fingerprint density at radius 2 is 2.40 bits per heavy atom. The largest absolute Gasteiger partial charge is 0.381 e. The maximum Gasteiger partial charge on any atom is 0.328 e. The van der Waals surface area contributed by atoms with E-state index < -0.39 is 5.97 Å². The Morgan fingerprint density at radius 3 is 2.90 bits per heavy atom. The number of rotatable bonds is 5. The number of carbonyl (C=O) groups excluding carboxylic acids is 1. The van der Waals surface area contributed by atoms with E-state index in [0.717, 1.165) is 0 Å². The van der Waals surface area contributed by atoms with Crippen molar-refractivity contribution < 1.29 is 14.4 Å². The van der Waals surface area contributed by atoms with Crippen molar-refractivity contribution >= 4 is 5.97 Å². The maximum absolute atomic E-state index is 10.5. The summed E-state index contributed by atoms with van der Waals surface area (Å²) >= 11 is 0. The molecule has 0 amide bonds. The average Bonchev–Trinajstić information content (AvgIpc) is 1.89. The number of hydrogen-bond acceptors (Lipinski definition) is 5. The van der Waals surface area contributed by atoms with Crippen molar-refractivity contribution in [2.24, 2.45) is 5.84 Å². The van der Waals surface area contributed by atoms with E-state index in [9.17, 15) is 4.79 Å². The van der Waals surface area contributed by atoms with Gasteiger partial charge in [-0.05, 0) is 6.92 Å². The minimum atomic E-state index is -0.420. The van der Waals surface area contributed by atoms with Crippen molar-refractivity contribution in [3.8, 4) is 0 Å². The van der Waals surface area contributed by atoms with Crippen LogP contribution in [-0.2, 0) is 14.4 Å². The lowest BCUT2D eigenvalue weighted by Gasteiger charge is -2.00. The van der Waals surface area contributed by atoms with Crippen LogP contribution in [0.4, 0.5) is 0 Å². The van der Waals surface area contributed by atoms with Gasteiger partial charge < -0.3 is 9.57 Å². The van der Waals surface area contributed by atoms with Gasteiger partial charge in [0, 0.05) is 6.61 Å². The van der Waals surface area contributed by atoms with E-state index in [4.69, 9.17) is 10.6 Å². The van der Waals surface area contributed by atoms with Crippen LogP contribution in [0.5, 0.6) is 0 Å². The Morgan fingerprint density at radius 1 is 1.70 bits per heavy atom. The molecule has 0 aromatic rings. The van der Waals surface area contributed by atoms with E-state index >= 15 is 0 Å². The number of nitrogens with one attached hydrogen (secondary N) is 1. The van der Waals surface area contributed by atoms with Crippen LogP contribution in [0.1, 0.15) is 13.3 Å². The fourth-order valence-electron chi connectivity index (χ4n) is 0.417. The molecule has 0 aromatic carbocycles. The molecular weight excluding hydrogens is 136 g/mol. The molecule has 60 valence electrons. The number of ether oxygens (including phenoxy) is 1. The molecule has 0 aliphatic heterocycles. The number of nitrogens with two attached hydrogens (primary N) is 1. The van der Waals surface area contributed by atoms with Crippen LogP contribution in [0.3, 0.4) is 0 Å². The van der Waals surface area contributed by atoms with Crippen molar-refractivity contribution in [2.45, 2.75) is 13.3 Å². The molecule has 0 saturated carbocycles. The highest BCUT2D eigenvalue weighted by atomic mass is 16.7. The summed E-state index contributed by atoms with van der Waals surface area (Å²) in [6.45, 7) is 2.83. The van der Waals surface area contributed by atoms with Gasteiger partial charge >= 0.3 is 5.97 Å². The molecule has 3 N–H and O–H groups in total. The highest BCUT2D eigenvalue weighted by Gasteiger charge is 1.99. The molecule has 0 unspecified atom stereocenters. The predicted octanol–water partition coefficient (Wildman–Crippen LogP) is -0.665. The number of hydrazine groups is 1. The molecule has 0 rings (SSSR count). The summed E-state index contributed by atoms with van der Waals surface area (Å²) in [5.74, 6) is 4.28. The average molecular weight is 148 g/mol. The van der Waals surface area contributed by atoms with Crippen molar-refractivity contribution in [2.75, 3.05) is 13.2 Å². The molecule has 0 heterocycles. The Bertz CT molecular complexity index is 96.9. The Hall–Kier alpha value is -0.650. The van der Waals surface area contributed by atoms with Crippen molar-refractivity contribution in [1.82, 2.24) is 5.59 Å². The smallest absolute Gasteiger partial charge is 0.328 e. The molecule has 10 heavy (non-hydrogen) atoms. The SMILES string of the molecule is CCOCCC(=O)ONN. The first-order chi connectivity index (χ1) is 4.81. The third-order valence-corrected chi connectivity index (χ3v) is 0.827. The minimum absolute atomic E-state index is 0.220. The van der Waals surface area contributed by atoms with Crippen LogP contribution in [-0.4, -0.2) is 19.2 Å². The normalized spacial score (nSPS) is 9.40. The van der Waals surface area contributed by atoms with Gasteiger partial charge in [-0.2, -0.15) is 0 Å². The molecule has 0 radical (unpaired) electrons. The molecule has 0 bridgehead atoms. The minimum Gasteiger partial charge on any atom is -0.381 e. The topological polar surface area (TPSA) is 73.6 Å². The van der Waals surface area contributed by atoms with Crippen molar-refractivity contribution in [3.63, 3.8) is 0 Å². The third-order valence-electron chi connectivity index (χ3n) is 0.827. The third kappa shape index (κ3) is 5.49. The summed E-state index contributed by atoms with van der Waals surface area (Å²) < 4.78 is 4.88. The van der Waals surface area contributed by atoms with E-state index in [0.29, 0.717) is 13.2 Å². The highest BCUT2D eigenvalue weighted by Crippen LogP contribution is 1.84. The van der Waals surface area contributed by atoms with Gasteiger partial charge in [0.1, 0.15) is 0 Å². The summed E-state index contributed by atoms with van der Waals surface area (Å²) in [6, 6.07) is 0. The Labute approximate surface area is 59.4 Å². The van der Waals surface area contributed by atoms with E-state index in [-0.39, 0.29) is 6.42 Å². The van der Waals surface area contributed by atoms with E-state index in [1.807, 2.05) is 6.92 Å². The lowest BCUT2D eigenvalue weighted by Crippen LogP contribution is -2.26. The number of carbonyl (C=O) groups is 1. The van der Waals surface area contributed by atoms with Crippen LogP contribution >= 0.6 is 0 Å². The second-order valence-electron chi connectivity index (χ2n) is 1.54. The molecule has 5 nitrogen and oxygen atoms in total. The number of hydrogen-bond donors (Lipinski definition) is 2. The van der Waals surface area contributed by atoms with E-state index in [2.05, 4.69) is 4.84 Å². The fourth-order valence-corrected chi connectivity index (χ4v) is 0.417. The van der Waals surface area contributed by atoms with Gasteiger partial charge in [-0.1, -0.05) is 5.59 Å². The summed E-state index contributed by atoms with van der Waals surface area (Å²) in [7, 11) is 0. The van der Waals surface area contributed by atoms with Crippen LogP contribution in [0.25, 0.3) is 0 Å². The quantitative estimate of drug-likeness (QED) is 0.307. The first kappa shape index (κ1) is 9.35. The highest BCUT2D eigenvalue weighted by molar-refractivity contribution is 5.69. The van der Waals surface area contributed by atoms with Crippen LogP contribution in [0.2, 0.25) is 0 Å². The van der Waals surface area contributed by atoms with Crippen molar-refractivity contribution in [3.05, 3.63) is 0 Å². The summed E-state index contributed by atoms with van der Waals surface area (Å²) in [6.07, 6.45) is 0.220. The van der Waals surface area contributed by atoms with Gasteiger partial charge in [-0.15, -0.1) is 0 Å². The standard InChI is InChI=1S/C5H12N2O3/c1-2-9-4-3-5(8)10-7-6/h7H,2-4,6H2,1H3. The van der Waals surface area contributed by atoms with Crippen molar-refractivity contribution in [1.29, 1.82) is 0 Å². The summed E-state index contributed by atoms with van der Waals surface area (Å²) in [5, 5.41) is 0. The molecular formula is C5H12N2O3. The second-order valence-corrected chi connectivity index (χ2v) is 1.54. The summed E-state index contributed by atoms with van der Waals surface area (Å²) in [5.41, 5.74) is 1.79. The van der Waals surface area contributed by atoms with Gasteiger partial charge in [0.25, 0.3) is 0 Å². The van der Waals surface area contributed by atoms with Crippen LogP contribution in [0.15, 0.2) is 0 Å². The van der Waals surface area contributed by atoms with Gasteiger partial charge in [-0.25, -0.2) is 5.84 Å². The maximum atomic E-state index is 10.5. The van der Waals surface area contributed by atoms with Crippen LogP contribution in [0, 0.1) is 0 Å². The van der Waals surface area contributed by atoms with E-state index in [1.165, 1.54) is 0 Å². The second kappa shape index (κ2) is 6.47. The monoisotopic (exact) mass is 148 g/mol. The lowest BCUT2D eigenvalue weighted by molar-refractivity contribution is -0.152. The molecule has 0 aliphatic carbocycles. The molecule has 0 spiro atoms. The zero-order valence-electron chi connectivity index (χ0n) is 5.92. The van der Waals surface area contributed by atoms with E-state index in [1.54, 1.807) is 5.59 Å². The molecule has 0 aliphatic rings. The molecule has 0 fully saturated rings. The molecule has 0 atom stereocenters. The first-order valence-corrected chi connectivity index (χ1v) is 3.04. The molecule has 0 saturated heterocycles.